The van der Waals surface area contributed by atoms with Crippen molar-refractivity contribution in [1.29, 1.82) is 0 Å². The van der Waals surface area contributed by atoms with Crippen molar-refractivity contribution in [3.63, 3.8) is 0 Å². The number of hydrogen-bond acceptors (Lipinski definition) is 4. The Morgan fingerprint density at radius 2 is 2.00 bits per heavy atom. The van der Waals surface area contributed by atoms with Crippen LogP contribution in [0.2, 0.25) is 0 Å². The molecule has 1 aliphatic heterocycles. The predicted octanol–water partition coefficient (Wildman–Crippen LogP) is 3.36. The smallest absolute Gasteiger partial charge is 0.242 e. The molecule has 4 nitrogen and oxygen atoms in total. The second-order valence-electron chi connectivity index (χ2n) is 4.64. The van der Waals surface area contributed by atoms with Gasteiger partial charge in [0, 0.05) is 17.3 Å². The molecule has 0 fully saturated rings. The number of ketones is 1. The Bertz CT molecular complexity index is 589. The van der Waals surface area contributed by atoms with E-state index in [1.165, 1.54) is 0 Å². The van der Waals surface area contributed by atoms with Gasteiger partial charge in [-0.25, -0.2) is 0 Å². The Hall–Kier alpha value is -1.62. The lowest BCUT2D eigenvalue weighted by atomic mass is 9.84. The molecule has 2 aliphatic rings. The van der Waals surface area contributed by atoms with Crippen LogP contribution in [0.1, 0.15) is 30.7 Å². The summed E-state index contributed by atoms with van der Waals surface area (Å²) >= 11 is 3.38. The van der Waals surface area contributed by atoms with Gasteiger partial charge in [0.05, 0.1) is 11.5 Å². The third-order valence-corrected chi connectivity index (χ3v) is 4.00. The van der Waals surface area contributed by atoms with Crippen LogP contribution >= 0.6 is 15.9 Å². The van der Waals surface area contributed by atoms with Crippen molar-refractivity contribution in [2.75, 3.05) is 0 Å². The molecule has 1 aromatic rings. The molecule has 1 aromatic carbocycles. The highest BCUT2D eigenvalue weighted by Crippen LogP contribution is 2.41. The molecule has 19 heavy (non-hydrogen) atoms. The monoisotopic (exact) mass is 321 g/mol. The van der Waals surface area contributed by atoms with Crippen molar-refractivity contribution in [3.05, 3.63) is 45.6 Å². The molecule has 1 heterocycles. The molecule has 3 rings (SSSR count). The summed E-state index contributed by atoms with van der Waals surface area (Å²) in [7, 11) is 0. The van der Waals surface area contributed by atoms with Crippen molar-refractivity contribution in [1.82, 2.24) is 0 Å². The first-order chi connectivity index (χ1) is 9.20. The number of carbonyl (C=O) groups excluding carboxylic acids is 1. The summed E-state index contributed by atoms with van der Waals surface area (Å²) < 4.78 is 6.49. The minimum absolute atomic E-state index is 0.0906. The lowest BCUT2D eigenvalue weighted by Gasteiger charge is -2.14. The maximum Gasteiger partial charge on any atom is 0.242 e. The number of halogens is 1. The van der Waals surface area contributed by atoms with Gasteiger partial charge in [-0.05, 0) is 24.1 Å². The second-order valence-corrected chi connectivity index (χ2v) is 5.55. The first kappa shape index (κ1) is 12.4. The summed E-state index contributed by atoms with van der Waals surface area (Å²) in [6, 6.07) is 7.61. The quantitative estimate of drug-likeness (QED) is 0.637. The standard InChI is InChI=1S/C14H12BrNO3/c15-9-6-4-8(5-7-9)12-13-10(17)2-1-3-11(13)19-14(12)16-18/h4-7,12,18H,1-3H2/b16-14+. The highest BCUT2D eigenvalue weighted by Gasteiger charge is 2.40. The maximum absolute atomic E-state index is 12.1. The van der Waals surface area contributed by atoms with Gasteiger partial charge in [-0.15, -0.1) is 0 Å². The van der Waals surface area contributed by atoms with E-state index in [2.05, 4.69) is 21.1 Å². The Kier molecular flexibility index (Phi) is 3.14. The summed E-state index contributed by atoms with van der Waals surface area (Å²) in [6.07, 6.45) is 2.06. The van der Waals surface area contributed by atoms with Crippen LogP contribution in [-0.4, -0.2) is 16.9 Å². The van der Waals surface area contributed by atoms with E-state index in [1.807, 2.05) is 24.3 Å². The van der Waals surface area contributed by atoms with E-state index >= 15 is 0 Å². The zero-order chi connectivity index (χ0) is 13.4. The summed E-state index contributed by atoms with van der Waals surface area (Å²) in [5.74, 6) is 0.577. The molecule has 0 spiro atoms. The molecule has 1 unspecified atom stereocenters. The molecular formula is C14H12BrNO3. The van der Waals surface area contributed by atoms with E-state index < -0.39 is 0 Å². The third kappa shape index (κ3) is 2.08. The van der Waals surface area contributed by atoms with Crippen LogP contribution in [0.4, 0.5) is 0 Å². The normalized spacial score (nSPS) is 24.6. The number of nitrogens with zero attached hydrogens (tertiary/aromatic N) is 1. The fourth-order valence-corrected chi connectivity index (χ4v) is 2.88. The molecule has 0 aromatic heterocycles. The first-order valence-electron chi connectivity index (χ1n) is 6.12. The van der Waals surface area contributed by atoms with Crippen molar-refractivity contribution < 1.29 is 14.7 Å². The van der Waals surface area contributed by atoms with Gasteiger partial charge >= 0.3 is 0 Å². The van der Waals surface area contributed by atoms with Crippen molar-refractivity contribution >= 4 is 27.6 Å². The number of oxime groups is 1. The summed E-state index contributed by atoms with van der Waals surface area (Å²) in [4.78, 5) is 12.1. The molecule has 98 valence electrons. The zero-order valence-corrected chi connectivity index (χ0v) is 11.7. The Morgan fingerprint density at radius 3 is 2.68 bits per heavy atom. The van der Waals surface area contributed by atoms with Crippen LogP contribution in [0.3, 0.4) is 0 Å². The van der Waals surface area contributed by atoms with Gasteiger partial charge in [-0.3, -0.25) is 4.79 Å². The topological polar surface area (TPSA) is 58.9 Å². The summed E-state index contributed by atoms with van der Waals surface area (Å²) in [5, 5.41) is 12.3. The van der Waals surface area contributed by atoms with Gasteiger partial charge < -0.3 is 9.94 Å². The van der Waals surface area contributed by atoms with E-state index in [0.29, 0.717) is 17.8 Å². The molecular weight excluding hydrogens is 310 g/mol. The number of hydrogen-bond donors (Lipinski definition) is 1. The largest absolute Gasteiger partial charge is 0.443 e. The minimum atomic E-state index is -0.374. The highest BCUT2D eigenvalue weighted by molar-refractivity contribution is 9.10. The van der Waals surface area contributed by atoms with E-state index in [4.69, 9.17) is 9.94 Å². The molecule has 0 amide bonds. The molecule has 1 atom stereocenters. The van der Waals surface area contributed by atoms with Gasteiger partial charge in [-0.2, -0.15) is 0 Å². The number of ether oxygens (including phenoxy) is 1. The van der Waals surface area contributed by atoms with Gasteiger partial charge in [-0.1, -0.05) is 33.2 Å². The number of benzene rings is 1. The Morgan fingerprint density at radius 1 is 1.26 bits per heavy atom. The van der Waals surface area contributed by atoms with Crippen LogP contribution in [0.15, 0.2) is 45.2 Å². The number of carbonyl (C=O) groups is 1. The summed E-state index contributed by atoms with van der Waals surface area (Å²) in [6.45, 7) is 0. The first-order valence-corrected chi connectivity index (χ1v) is 6.91. The fourth-order valence-electron chi connectivity index (χ4n) is 2.61. The van der Waals surface area contributed by atoms with Gasteiger partial charge in [0.15, 0.2) is 5.78 Å². The average molecular weight is 322 g/mol. The average Bonchev–Trinajstić information content (AvgIpc) is 2.80. The van der Waals surface area contributed by atoms with Gasteiger partial charge in [0.1, 0.15) is 5.76 Å². The van der Waals surface area contributed by atoms with Crippen LogP contribution < -0.4 is 0 Å². The third-order valence-electron chi connectivity index (χ3n) is 3.47. The Labute approximate surface area is 118 Å². The van der Waals surface area contributed by atoms with Crippen LogP contribution in [0.5, 0.6) is 0 Å². The molecule has 0 saturated carbocycles. The van der Waals surface area contributed by atoms with E-state index in [0.717, 1.165) is 22.9 Å². The molecule has 0 saturated heterocycles. The molecule has 0 bridgehead atoms. The second kappa shape index (κ2) is 4.81. The summed E-state index contributed by atoms with van der Waals surface area (Å²) in [5.41, 5.74) is 1.55. The van der Waals surface area contributed by atoms with E-state index in [9.17, 15) is 4.79 Å². The van der Waals surface area contributed by atoms with Crippen LogP contribution in [0, 0.1) is 0 Å². The predicted molar refractivity (Wildman–Crippen MR) is 73.1 cm³/mol. The van der Waals surface area contributed by atoms with E-state index in [1.54, 1.807) is 0 Å². The highest BCUT2D eigenvalue weighted by atomic mass is 79.9. The van der Waals surface area contributed by atoms with Crippen molar-refractivity contribution in [3.8, 4) is 0 Å². The van der Waals surface area contributed by atoms with Crippen molar-refractivity contribution in [2.45, 2.75) is 25.2 Å². The lowest BCUT2D eigenvalue weighted by molar-refractivity contribution is -0.116. The minimum Gasteiger partial charge on any atom is -0.443 e. The number of allylic oxidation sites excluding steroid dienone is 1. The van der Waals surface area contributed by atoms with Crippen LogP contribution in [0.25, 0.3) is 0 Å². The molecule has 5 heteroatoms. The zero-order valence-electron chi connectivity index (χ0n) is 10.1. The SMILES string of the molecule is O=C1CCCC2=C1C(c1ccc(Br)cc1)/C(=N\O)O2. The number of rotatable bonds is 1. The fraction of sp³-hybridized carbons (Fsp3) is 0.286. The van der Waals surface area contributed by atoms with E-state index in [-0.39, 0.29) is 17.6 Å². The van der Waals surface area contributed by atoms with Gasteiger partial charge in [0.25, 0.3) is 0 Å². The maximum atomic E-state index is 12.1. The van der Waals surface area contributed by atoms with Crippen LogP contribution in [-0.2, 0) is 9.53 Å². The Balaban J connectivity index is 2.08. The molecule has 0 radical (unpaired) electrons. The molecule has 1 aliphatic carbocycles. The lowest BCUT2D eigenvalue weighted by Crippen LogP contribution is -2.16. The van der Waals surface area contributed by atoms with Crippen molar-refractivity contribution in [2.24, 2.45) is 5.16 Å². The van der Waals surface area contributed by atoms with Gasteiger partial charge in [0.2, 0.25) is 5.90 Å². The number of Topliss-reactive ketones (excluding diaryl/α,β-unsaturated/α-hetero) is 1. The molecule has 1 N–H and O–H groups in total.